The van der Waals surface area contributed by atoms with Gasteiger partial charge < -0.3 is 5.32 Å². The highest BCUT2D eigenvalue weighted by Crippen LogP contribution is 2.27. The zero-order valence-electron chi connectivity index (χ0n) is 14.5. The normalized spacial score (nSPS) is 12.5. The first kappa shape index (κ1) is 18.4. The van der Waals surface area contributed by atoms with Crippen molar-refractivity contribution in [2.45, 2.75) is 17.9 Å². The van der Waals surface area contributed by atoms with Crippen molar-refractivity contribution < 1.29 is 13.2 Å². The van der Waals surface area contributed by atoms with E-state index in [1.54, 1.807) is 11.3 Å². The molecule has 1 heterocycles. The first-order valence-electron chi connectivity index (χ1n) is 8.05. The summed E-state index contributed by atoms with van der Waals surface area (Å²) in [5.41, 5.74) is 2.58. The van der Waals surface area contributed by atoms with E-state index in [-0.39, 0.29) is 16.8 Å². The summed E-state index contributed by atoms with van der Waals surface area (Å²) >= 11 is 1.58. The van der Waals surface area contributed by atoms with E-state index >= 15 is 0 Å². The fourth-order valence-corrected chi connectivity index (χ4v) is 4.03. The van der Waals surface area contributed by atoms with Crippen LogP contribution in [-0.4, -0.2) is 20.6 Å². The SMILES string of the molecule is Cc1ccc(C(NC(=O)c2ccc(S(C)(=O)=O)cc2)c2cccs2)cc1. The highest BCUT2D eigenvalue weighted by Gasteiger charge is 2.19. The Balaban J connectivity index is 1.87. The van der Waals surface area contributed by atoms with Crippen molar-refractivity contribution in [1.82, 2.24) is 5.32 Å². The van der Waals surface area contributed by atoms with Gasteiger partial charge in [-0.2, -0.15) is 0 Å². The predicted molar refractivity (Wildman–Crippen MR) is 104 cm³/mol. The minimum absolute atomic E-state index is 0.197. The number of aryl methyl sites for hydroxylation is 1. The summed E-state index contributed by atoms with van der Waals surface area (Å²) < 4.78 is 23.1. The van der Waals surface area contributed by atoms with Crippen molar-refractivity contribution in [2.75, 3.05) is 6.26 Å². The van der Waals surface area contributed by atoms with Crippen LogP contribution in [0.3, 0.4) is 0 Å². The number of thiophene rings is 1. The number of hydrogen-bond acceptors (Lipinski definition) is 4. The van der Waals surface area contributed by atoms with Gasteiger partial charge in [0.25, 0.3) is 5.91 Å². The minimum atomic E-state index is -3.28. The maximum atomic E-state index is 12.7. The standard InChI is InChI=1S/C20H19NO3S2/c1-14-5-7-15(8-6-14)19(18-4-3-13-25-18)21-20(22)16-9-11-17(12-10-16)26(2,23)24/h3-13,19H,1-2H3,(H,21,22). The lowest BCUT2D eigenvalue weighted by Crippen LogP contribution is -2.28. The van der Waals surface area contributed by atoms with Crippen LogP contribution < -0.4 is 5.32 Å². The lowest BCUT2D eigenvalue weighted by Gasteiger charge is -2.18. The molecule has 0 aliphatic heterocycles. The average Bonchev–Trinajstić information content (AvgIpc) is 3.14. The van der Waals surface area contributed by atoms with Crippen molar-refractivity contribution in [2.24, 2.45) is 0 Å². The van der Waals surface area contributed by atoms with E-state index in [1.165, 1.54) is 24.3 Å². The summed E-state index contributed by atoms with van der Waals surface area (Å²) in [4.78, 5) is 13.9. The van der Waals surface area contributed by atoms with E-state index in [0.717, 1.165) is 22.3 Å². The number of nitrogens with one attached hydrogen (secondary N) is 1. The molecule has 0 aliphatic rings. The number of carbonyl (C=O) groups excluding carboxylic acids is 1. The van der Waals surface area contributed by atoms with Crippen LogP contribution >= 0.6 is 11.3 Å². The fourth-order valence-electron chi connectivity index (χ4n) is 2.60. The van der Waals surface area contributed by atoms with Gasteiger partial charge in [0.2, 0.25) is 0 Å². The van der Waals surface area contributed by atoms with Crippen LogP contribution in [-0.2, 0) is 9.84 Å². The second-order valence-corrected chi connectivity index (χ2v) is 9.12. The molecule has 1 aromatic heterocycles. The molecule has 2 aromatic carbocycles. The molecule has 0 saturated carbocycles. The van der Waals surface area contributed by atoms with Gasteiger partial charge in [0, 0.05) is 16.7 Å². The topological polar surface area (TPSA) is 63.2 Å². The summed E-state index contributed by atoms with van der Waals surface area (Å²) in [6.45, 7) is 2.02. The summed E-state index contributed by atoms with van der Waals surface area (Å²) in [6, 6.07) is 17.7. The highest BCUT2D eigenvalue weighted by molar-refractivity contribution is 7.90. The monoisotopic (exact) mass is 385 g/mol. The molecule has 0 bridgehead atoms. The Labute approximate surface area is 157 Å². The molecule has 0 aliphatic carbocycles. The highest BCUT2D eigenvalue weighted by atomic mass is 32.2. The van der Waals surface area contributed by atoms with Crippen LogP contribution in [0.25, 0.3) is 0 Å². The van der Waals surface area contributed by atoms with Gasteiger partial charge in [0.15, 0.2) is 9.84 Å². The number of rotatable bonds is 5. The molecular formula is C20H19NO3S2. The van der Waals surface area contributed by atoms with Gasteiger partial charge in [-0.3, -0.25) is 4.79 Å². The molecular weight excluding hydrogens is 366 g/mol. The molecule has 0 saturated heterocycles. The number of benzene rings is 2. The Hall–Kier alpha value is -2.44. The number of hydrogen-bond donors (Lipinski definition) is 1. The van der Waals surface area contributed by atoms with E-state index in [1.807, 2.05) is 48.7 Å². The summed E-state index contributed by atoms with van der Waals surface area (Å²) in [5, 5.41) is 5.03. The molecule has 3 aromatic rings. The van der Waals surface area contributed by atoms with Gasteiger partial charge in [-0.15, -0.1) is 11.3 Å². The van der Waals surface area contributed by atoms with E-state index in [0.29, 0.717) is 5.56 Å². The Morgan fingerprint density at radius 3 is 2.19 bits per heavy atom. The van der Waals surface area contributed by atoms with Crippen molar-refractivity contribution in [3.05, 3.63) is 87.6 Å². The molecule has 26 heavy (non-hydrogen) atoms. The summed E-state index contributed by atoms with van der Waals surface area (Å²) in [7, 11) is -3.28. The molecule has 1 N–H and O–H groups in total. The van der Waals surface area contributed by atoms with Gasteiger partial charge >= 0.3 is 0 Å². The van der Waals surface area contributed by atoms with Crippen LogP contribution in [0, 0.1) is 6.92 Å². The molecule has 0 spiro atoms. The molecule has 0 radical (unpaired) electrons. The fraction of sp³-hybridized carbons (Fsp3) is 0.150. The Morgan fingerprint density at radius 2 is 1.65 bits per heavy atom. The lowest BCUT2D eigenvalue weighted by atomic mass is 10.0. The van der Waals surface area contributed by atoms with Crippen molar-refractivity contribution in [1.29, 1.82) is 0 Å². The van der Waals surface area contributed by atoms with E-state index in [2.05, 4.69) is 5.32 Å². The van der Waals surface area contributed by atoms with Gasteiger partial charge in [-0.05, 0) is 48.2 Å². The van der Waals surface area contributed by atoms with Gasteiger partial charge in [0.1, 0.15) is 0 Å². The van der Waals surface area contributed by atoms with Gasteiger partial charge in [-0.25, -0.2) is 8.42 Å². The zero-order valence-corrected chi connectivity index (χ0v) is 16.1. The molecule has 0 fully saturated rings. The zero-order chi connectivity index (χ0) is 18.7. The Bertz CT molecular complexity index is 990. The van der Waals surface area contributed by atoms with E-state index in [9.17, 15) is 13.2 Å². The summed E-state index contributed by atoms with van der Waals surface area (Å²) in [6.07, 6.45) is 1.15. The molecule has 4 nitrogen and oxygen atoms in total. The Morgan fingerprint density at radius 1 is 1.00 bits per heavy atom. The molecule has 6 heteroatoms. The second-order valence-electron chi connectivity index (χ2n) is 6.13. The maximum Gasteiger partial charge on any atom is 0.252 e. The van der Waals surface area contributed by atoms with Crippen molar-refractivity contribution in [3.63, 3.8) is 0 Å². The minimum Gasteiger partial charge on any atom is -0.340 e. The summed E-state index contributed by atoms with van der Waals surface area (Å²) in [5.74, 6) is -0.246. The van der Waals surface area contributed by atoms with E-state index in [4.69, 9.17) is 0 Å². The van der Waals surface area contributed by atoms with Crippen LogP contribution in [0.15, 0.2) is 70.9 Å². The predicted octanol–water partition coefficient (Wildman–Crippen LogP) is 3.98. The molecule has 134 valence electrons. The smallest absolute Gasteiger partial charge is 0.252 e. The molecule has 1 amide bonds. The number of sulfone groups is 1. The number of amides is 1. The average molecular weight is 386 g/mol. The molecule has 3 rings (SSSR count). The van der Waals surface area contributed by atoms with Crippen molar-refractivity contribution >= 4 is 27.1 Å². The van der Waals surface area contributed by atoms with Crippen LogP contribution in [0.2, 0.25) is 0 Å². The first-order valence-corrected chi connectivity index (χ1v) is 10.8. The van der Waals surface area contributed by atoms with Crippen LogP contribution in [0.4, 0.5) is 0 Å². The second kappa shape index (κ2) is 7.43. The van der Waals surface area contributed by atoms with Crippen LogP contribution in [0.1, 0.15) is 32.4 Å². The Kier molecular flexibility index (Phi) is 5.25. The van der Waals surface area contributed by atoms with Crippen LogP contribution in [0.5, 0.6) is 0 Å². The largest absolute Gasteiger partial charge is 0.340 e. The number of carbonyl (C=O) groups is 1. The van der Waals surface area contributed by atoms with E-state index < -0.39 is 9.84 Å². The lowest BCUT2D eigenvalue weighted by molar-refractivity contribution is 0.0943. The third-order valence-electron chi connectivity index (χ3n) is 4.06. The van der Waals surface area contributed by atoms with Gasteiger partial charge in [-0.1, -0.05) is 35.9 Å². The van der Waals surface area contributed by atoms with Crippen molar-refractivity contribution in [3.8, 4) is 0 Å². The third-order valence-corrected chi connectivity index (χ3v) is 6.12. The first-order chi connectivity index (χ1) is 12.3. The molecule has 1 unspecified atom stereocenters. The molecule has 1 atom stereocenters. The quantitative estimate of drug-likeness (QED) is 0.723. The van der Waals surface area contributed by atoms with Gasteiger partial charge in [0.05, 0.1) is 10.9 Å². The maximum absolute atomic E-state index is 12.7. The third kappa shape index (κ3) is 4.20.